The number of likely N-dealkylation sites (tertiary alicyclic amines) is 1. The number of ether oxygens (including phenoxy) is 1. The smallest absolute Gasteiger partial charge is 0.409 e. The lowest BCUT2D eigenvalue weighted by molar-refractivity contribution is -0.121. The van der Waals surface area contributed by atoms with Crippen molar-refractivity contribution in [3.8, 4) is 0 Å². The highest BCUT2D eigenvalue weighted by atomic mass is 35.5. The van der Waals surface area contributed by atoms with Crippen LogP contribution in [-0.4, -0.2) is 86.7 Å². The summed E-state index contributed by atoms with van der Waals surface area (Å²) >= 11 is 6.16. The molecule has 0 aliphatic carbocycles. The van der Waals surface area contributed by atoms with Gasteiger partial charge in [-0.2, -0.15) is 4.31 Å². The highest BCUT2D eigenvalue weighted by Crippen LogP contribution is 2.39. The number of benzene rings is 2. The van der Waals surface area contributed by atoms with Crippen molar-refractivity contribution in [3.63, 3.8) is 0 Å². The zero-order valence-corrected chi connectivity index (χ0v) is 26.0. The number of amides is 1. The number of piperazine rings is 1. The average molecular weight is 635 g/mol. The van der Waals surface area contributed by atoms with Gasteiger partial charge in [-0.25, -0.2) is 17.6 Å². The van der Waals surface area contributed by atoms with Gasteiger partial charge in [-0.15, -0.1) is 0 Å². The summed E-state index contributed by atoms with van der Waals surface area (Å²) in [5.41, 5.74) is 7.87. The van der Waals surface area contributed by atoms with Crippen molar-refractivity contribution in [1.82, 2.24) is 14.5 Å². The number of nitrogens with zero attached hydrogens (tertiary/aromatic N) is 2. The molecule has 3 aliphatic rings. The number of Topliss-reactive ketones (excluding diaryl/α,β-unsaturated/α-hetero) is 1. The molecule has 0 aromatic heterocycles. The maximum absolute atomic E-state index is 15.3. The topological polar surface area (TPSA) is 122 Å². The predicted octanol–water partition coefficient (Wildman–Crippen LogP) is 3.42. The Hall–Kier alpha value is -2.57. The van der Waals surface area contributed by atoms with Gasteiger partial charge in [-0.3, -0.25) is 4.79 Å². The first-order valence-electron chi connectivity index (χ1n) is 14.9. The Morgan fingerprint density at radius 1 is 1.19 bits per heavy atom. The number of rotatable bonds is 8. The third-order valence-corrected chi connectivity index (χ3v) is 11.7. The highest BCUT2D eigenvalue weighted by molar-refractivity contribution is 7.89. The van der Waals surface area contributed by atoms with Crippen LogP contribution in [0.5, 0.6) is 0 Å². The fourth-order valence-corrected chi connectivity index (χ4v) is 8.92. The van der Waals surface area contributed by atoms with E-state index in [9.17, 15) is 18.0 Å². The summed E-state index contributed by atoms with van der Waals surface area (Å²) in [7, 11) is -2.03. The van der Waals surface area contributed by atoms with Gasteiger partial charge in [0.05, 0.1) is 18.9 Å². The molecule has 3 heterocycles. The molecule has 3 aliphatic heterocycles. The summed E-state index contributed by atoms with van der Waals surface area (Å²) in [6.45, 7) is 1.70. The molecule has 43 heavy (non-hydrogen) atoms. The van der Waals surface area contributed by atoms with Crippen LogP contribution in [0.15, 0.2) is 42.5 Å². The van der Waals surface area contributed by atoms with Crippen LogP contribution in [0.3, 0.4) is 0 Å². The molecule has 5 rings (SSSR count). The van der Waals surface area contributed by atoms with E-state index in [-0.39, 0.29) is 30.0 Å². The molecule has 4 atom stereocenters. The van der Waals surface area contributed by atoms with Crippen LogP contribution in [0.1, 0.15) is 48.8 Å². The summed E-state index contributed by atoms with van der Waals surface area (Å²) < 4.78 is 47.6. The second kappa shape index (κ2) is 13.2. The molecule has 0 radical (unpaired) electrons. The van der Waals surface area contributed by atoms with E-state index in [1.54, 1.807) is 33.5 Å². The standard InChI is InChI=1S/C31H40ClFN4O5S/c1-42-30(39)36-15-13-31(14-16-36,22-7-9-23(32)10-8-22)29(34)28(38)18-21-4-2-6-27(33)26(21)12-11-25-19-35-24-5-3-17-43(40,41)37(25)20-24/h2,4,6-10,24-25,29,35H,3,5,11-20,34H2,1H3/t24-,25+,29-/m1/s1. The van der Waals surface area contributed by atoms with Gasteiger partial charge in [0.25, 0.3) is 0 Å². The van der Waals surface area contributed by atoms with E-state index >= 15 is 4.39 Å². The van der Waals surface area contributed by atoms with Gasteiger partial charge in [-0.1, -0.05) is 35.9 Å². The largest absolute Gasteiger partial charge is 0.453 e. The number of carbonyl (C=O) groups excluding carboxylic acids is 2. The first kappa shape index (κ1) is 31.8. The number of fused-ring (bicyclic) bond motifs is 2. The number of halogens is 2. The summed E-state index contributed by atoms with van der Waals surface area (Å²) in [5.74, 6) is -0.519. The van der Waals surface area contributed by atoms with E-state index in [1.807, 2.05) is 12.1 Å². The maximum Gasteiger partial charge on any atom is 0.409 e. The molecule has 2 aromatic carbocycles. The summed E-state index contributed by atoms with van der Waals surface area (Å²) in [6.07, 6.45) is 2.60. The number of carbonyl (C=O) groups is 2. The Bertz CT molecular complexity index is 1430. The average Bonchev–Trinajstić information content (AvgIpc) is 3.12. The number of nitrogens with two attached hydrogens (primary N) is 1. The predicted molar refractivity (Wildman–Crippen MR) is 163 cm³/mol. The third-order valence-electron chi connectivity index (χ3n) is 9.52. The lowest BCUT2D eigenvalue weighted by Crippen LogP contribution is -2.57. The van der Waals surface area contributed by atoms with Crippen LogP contribution in [0.25, 0.3) is 0 Å². The molecule has 0 spiro atoms. The van der Waals surface area contributed by atoms with E-state index in [0.717, 1.165) is 12.0 Å². The molecular formula is C31H40ClFN4O5S. The molecule has 1 amide bonds. The summed E-state index contributed by atoms with van der Waals surface area (Å²) in [4.78, 5) is 27.7. The van der Waals surface area contributed by atoms with Crippen LogP contribution in [0.4, 0.5) is 9.18 Å². The minimum Gasteiger partial charge on any atom is -0.453 e. The van der Waals surface area contributed by atoms with Crippen molar-refractivity contribution in [1.29, 1.82) is 0 Å². The fraction of sp³-hybridized carbons (Fsp3) is 0.548. The van der Waals surface area contributed by atoms with E-state index in [0.29, 0.717) is 74.4 Å². The van der Waals surface area contributed by atoms with Gasteiger partial charge >= 0.3 is 6.09 Å². The fourth-order valence-electron chi connectivity index (χ4n) is 6.99. The molecule has 0 saturated carbocycles. The van der Waals surface area contributed by atoms with E-state index in [2.05, 4.69) is 5.32 Å². The maximum atomic E-state index is 15.3. The van der Waals surface area contributed by atoms with Crippen molar-refractivity contribution in [2.75, 3.05) is 39.0 Å². The van der Waals surface area contributed by atoms with Crippen LogP contribution in [0, 0.1) is 5.82 Å². The lowest BCUT2D eigenvalue weighted by atomic mass is 9.66. The number of sulfonamides is 1. The Morgan fingerprint density at radius 2 is 1.91 bits per heavy atom. The zero-order valence-electron chi connectivity index (χ0n) is 24.4. The Labute approximate surface area is 257 Å². The molecule has 2 bridgehead atoms. The molecule has 234 valence electrons. The monoisotopic (exact) mass is 634 g/mol. The molecule has 3 N–H and O–H groups in total. The van der Waals surface area contributed by atoms with Crippen LogP contribution in [0.2, 0.25) is 5.02 Å². The number of piperidine rings is 1. The minimum atomic E-state index is -3.37. The van der Waals surface area contributed by atoms with Crippen LogP contribution >= 0.6 is 11.6 Å². The molecule has 9 nitrogen and oxygen atoms in total. The van der Waals surface area contributed by atoms with E-state index < -0.39 is 33.4 Å². The van der Waals surface area contributed by atoms with Crippen molar-refractivity contribution in [2.24, 2.45) is 5.73 Å². The quantitative estimate of drug-likeness (QED) is 0.456. The van der Waals surface area contributed by atoms with Gasteiger partial charge in [0, 0.05) is 55.1 Å². The van der Waals surface area contributed by atoms with Gasteiger partial charge in [0.2, 0.25) is 10.0 Å². The Kier molecular flexibility index (Phi) is 9.77. The summed E-state index contributed by atoms with van der Waals surface area (Å²) in [6, 6.07) is 10.9. The first-order chi connectivity index (χ1) is 20.5. The van der Waals surface area contributed by atoms with Crippen LogP contribution in [-0.2, 0) is 37.8 Å². The van der Waals surface area contributed by atoms with Gasteiger partial charge < -0.3 is 20.7 Å². The molecule has 3 saturated heterocycles. The SMILES string of the molecule is COC(=O)N1CCC(c2ccc(Cl)cc2)([C@H](N)C(=O)Cc2cccc(F)c2CC[C@H]2CN[C@@H]3CCCS(=O)(=O)N2C3)CC1. The van der Waals surface area contributed by atoms with Crippen molar-refractivity contribution >= 4 is 33.5 Å². The van der Waals surface area contributed by atoms with E-state index in [4.69, 9.17) is 22.1 Å². The summed E-state index contributed by atoms with van der Waals surface area (Å²) in [5, 5.41) is 4.01. The number of hydrogen-bond acceptors (Lipinski definition) is 7. The number of hydrogen-bond donors (Lipinski definition) is 2. The van der Waals surface area contributed by atoms with Gasteiger partial charge in [0.1, 0.15) is 5.82 Å². The molecule has 1 unspecified atom stereocenters. The zero-order chi connectivity index (χ0) is 30.8. The van der Waals surface area contributed by atoms with Crippen molar-refractivity contribution < 1.29 is 27.1 Å². The second-order valence-electron chi connectivity index (χ2n) is 11.9. The number of nitrogens with one attached hydrogen (secondary N) is 1. The van der Waals surface area contributed by atoms with Crippen molar-refractivity contribution in [3.05, 3.63) is 70.0 Å². The van der Waals surface area contributed by atoms with Gasteiger partial charge in [0.15, 0.2) is 5.78 Å². The Balaban J connectivity index is 1.35. The van der Waals surface area contributed by atoms with Crippen LogP contribution < -0.4 is 11.1 Å². The minimum absolute atomic E-state index is 0.0582. The van der Waals surface area contributed by atoms with Crippen molar-refractivity contribution in [2.45, 2.75) is 68.5 Å². The van der Waals surface area contributed by atoms with Gasteiger partial charge in [-0.05, 0) is 73.4 Å². The molecule has 3 fully saturated rings. The number of methoxy groups -OCH3 is 1. The highest BCUT2D eigenvalue weighted by Gasteiger charge is 2.45. The molecular weight excluding hydrogens is 595 g/mol. The third kappa shape index (κ3) is 6.76. The Morgan fingerprint density at radius 3 is 2.60 bits per heavy atom. The lowest BCUT2D eigenvalue weighted by Gasteiger charge is -2.45. The first-order valence-corrected chi connectivity index (χ1v) is 16.9. The number of ketones is 1. The molecule has 2 aromatic rings. The second-order valence-corrected chi connectivity index (χ2v) is 14.4. The van der Waals surface area contributed by atoms with E-state index in [1.165, 1.54) is 13.2 Å². The molecule has 12 heteroatoms. The normalized spacial score (nSPS) is 25.4.